The lowest BCUT2D eigenvalue weighted by atomic mass is 9.72. The molecule has 0 saturated carbocycles. The largest absolute Gasteiger partial charge is 0.508 e. The van der Waals surface area contributed by atoms with Crippen LogP contribution in [0.3, 0.4) is 0 Å². The highest BCUT2D eigenvalue weighted by Gasteiger charge is 2.57. The predicted molar refractivity (Wildman–Crippen MR) is 129 cm³/mol. The van der Waals surface area contributed by atoms with Gasteiger partial charge in [-0.25, -0.2) is 0 Å². The number of aliphatic hydroxyl groups is 1. The Labute approximate surface area is 210 Å². The van der Waals surface area contributed by atoms with E-state index in [4.69, 9.17) is 4.74 Å². The van der Waals surface area contributed by atoms with Gasteiger partial charge in [0.15, 0.2) is 28.8 Å². The van der Waals surface area contributed by atoms with E-state index in [9.17, 15) is 40.5 Å². The second kappa shape index (κ2) is 8.07. The van der Waals surface area contributed by atoms with Crippen LogP contribution in [0.2, 0.25) is 0 Å². The molecule has 7 N–H and O–H groups in total. The zero-order valence-corrected chi connectivity index (χ0v) is 19.3. The Hall–Kier alpha value is -4.37. The van der Waals surface area contributed by atoms with E-state index in [0.29, 0.717) is 28.0 Å². The lowest BCUT2D eigenvalue weighted by Crippen LogP contribution is -2.38. The number of aliphatic hydroxyl groups excluding tert-OH is 1. The number of phenols is 6. The molecule has 190 valence electrons. The van der Waals surface area contributed by atoms with E-state index in [1.165, 1.54) is 48.5 Å². The van der Waals surface area contributed by atoms with Crippen molar-refractivity contribution in [3.63, 3.8) is 0 Å². The maximum absolute atomic E-state index is 13.1. The summed E-state index contributed by atoms with van der Waals surface area (Å²) in [5, 5.41) is 72.7. The van der Waals surface area contributed by atoms with Crippen LogP contribution >= 0.6 is 0 Å². The van der Waals surface area contributed by atoms with Crippen LogP contribution in [0.1, 0.15) is 52.5 Å². The molecule has 0 unspecified atom stereocenters. The quantitative estimate of drug-likeness (QED) is 0.258. The Morgan fingerprint density at radius 1 is 0.703 bits per heavy atom. The Kier molecular flexibility index (Phi) is 5.03. The van der Waals surface area contributed by atoms with Crippen LogP contribution in [0.5, 0.6) is 34.5 Å². The summed E-state index contributed by atoms with van der Waals surface area (Å²) in [4.78, 5) is 13.1. The van der Waals surface area contributed by atoms with Gasteiger partial charge in [-0.1, -0.05) is 12.1 Å². The van der Waals surface area contributed by atoms with Crippen molar-refractivity contribution in [1.29, 1.82) is 0 Å². The maximum atomic E-state index is 13.1. The summed E-state index contributed by atoms with van der Waals surface area (Å²) in [6.07, 6.45) is -0.859. The molecule has 0 radical (unpaired) electrons. The van der Waals surface area contributed by atoms with Gasteiger partial charge in [-0.05, 0) is 52.9 Å². The molecule has 1 heterocycles. The fourth-order valence-electron chi connectivity index (χ4n) is 6.34. The molecule has 0 aromatic heterocycles. The minimum absolute atomic E-state index is 0.0155. The van der Waals surface area contributed by atoms with Crippen LogP contribution < -0.4 is 0 Å². The third kappa shape index (κ3) is 3.46. The van der Waals surface area contributed by atoms with Gasteiger partial charge in [-0.15, -0.1) is 0 Å². The molecule has 1 fully saturated rings. The highest BCUT2D eigenvalue weighted by molar-refractivity contribution is 5.91. The molecule has 1 saturated heterocycles. The van der Waals surface area contributed by atoms with Gasteiger partial charge in [-0.3, -0.25) is 4.79 Å². The fourth-order valence-corrected chi connectivity index (χ4v) is 6.34. The smallest absolute Gasteiger partial charge is 0.159 e. The molecule has 9 nitrogen and oxygen atoms in total. The van der Waals surface area contributed by atoms with Gasteiger partial charge in [0.1, 0.15) is 29.5 Å². The number of hydrogen-bond donors (Lipinski definition) is 7. The van der Waals surface area contributed by atoms with Crippen LogP contribution in [0.25, 0.3) is 0 Å². The fraction of sp³-hybridized carbons (Fsp3) is 0.250. The summed E-state index contributed by atoms with van der Waals surface area (Å²) in [6, 6.07) is 11.1. The van der Waals surface area contributed by atoms with Crippen molar-refractivity contribution in [1.82, 2.24) is 0 Å². The molecule has 1 aliphatic heterocycles. The summed E-state index contributed by atoms with van der Waals surface area (Å²) in [5.74, 6) is -4.12. The van der Waals surface area contributed by atoms with Gasteiger partial charge in [0.05, 0.1) is 0 Å². The second-order valence-corrected chi connectivity index (χ2v) is 9.89. The van der Waals surface area contributed by atoms with Crippen molar-refractivity contribution < 1.29 is 45.3 Å². The molecule has 0 amide bonds. The number of fused-ring (bicyclic) bond motifs is 3. The molecule has 0 spiro atoms. The van der Waals surface area contributed by atoms with E-state index in [1.807, 2.05) is 0 Å². The summed E-state index contributed by atoms with van der Waals surface area (Å²) < 4.78 is 6.21. The first kappa shape index (κ1) is 23.1. The number of carbonyl (C=O) groups excluding carboxylic acids is 1. The molecule has 2 aliphatic carbocycles. The zero-order chi connectivity index (χ0) is 26.2. The first-order valence-corrected chi connectivity index (χ1v) is 11.8. The lowest BCUT2D eigenvalue weighted by Gasteiger charge is -2.41. The molecule has 0 bridgehead atoms. The van der Waals surface area contributed by atoms with Gasteiger partial charge >= 0.3 is 0 Å². The van der Waals surface area contributed by atoms with Gasteiger partial charge in [-0.2, -0.15) is 0 Å². The number of ketones is 1. The van der Waals surface area contributed by atoms with E-state index < -0.39 is 41.6 Å². The summed E-state index contributed by atoms with van der Waals surface area (Å²) >= 11 is 0. The minimum Gasteiger partial charge on any atom is -0.508 e. The summed E-state index contributed by atoms with van der Waals surface area (Å²) in [5.41, 5.74) is 1.90. The Bertz CT molecular complexity index is 1480. The normalized spacial score (nSPS) is 28.0. The molecular formula is C28H24O9. The van der Waals surface area contributed by atoms with E-state index in [0.717, 1.165) is 0 Å². The summed E-state index contributed by atoms with van der Waals surface area (Å²) in [6.45, 7) is 0. The first-order chi connectivity index (χ1) is 17.6. The number of aromatic hydroxyl groups is 6. The average molecular weight is 504 g/mol. The van der Waals surface area contributed by atoms with Crippen LogP contribution in [0.4, 0.5) is 0 Å². The van der Waals surface area contributed by atoms with E-state index in [-0.39, 0.29) is 41.0 Å². The maximum Gasteiger partial charge on any atom is 0.159 e. The molecular weight excluding hydrogens is 480 g/mol. The monoisotopic (exact) mass is 504 g/mol. The number of phenolic OH excluding ortho intramolecular Hbond substituents is 6. The van der Waals surface area contributed by atoms with Crippen molar-refractivity contribution in [3.05, 3.63) is 82.6 Å². The number of benzene rings is 3. The number of carbonyl (C=O) groups is 1. The van der Waals surface area contributed by atoms with Crippen LogP contribution in [-0.4, -0.2) is 47.6 Å². The highest BCUT2D eigenvalue weighted by Crippen LogP contribution is 2.64. The predicted octanol–water partition coefficient (Wildman–Crippen LogP) is 3.49. The Morgan fingerprint density at radius 3 is 2.03 bits per heavy atom. The standard InChI is InChI=1S/C28H24O9/c29-13-8-16-23-15(11-1-3-17(31)19(33)5-11)7-14(30)10-22-25(23)26(24(16)21(35)9-13)27(36)28(37-22)12-2-4-18(32)20(34)6-12/h1-6,8-10,15,23,25-29,31-36H,7H2/t15-,23+,25-,26+,27-,28+/m0/s1. The van der Waals surface area contributed by atoms with E-state index >= 15 is 0 Å². The van der Waals surface area contributed by atoms with Crippen LogP contribution in [0.15, 0.2) is 60.4 Å². The topological polar surface area (TPSA) is 168 Å². The molecule has 3 aromatic rings. The number of ether oxygens (including phenoxy) is 1. The van der Waals surface area contributed by atoms with E-state index in [2.05, 4.69) is 0 Å². The molecule has 37 heavy (non-hydrogen) atoms. The molecule has 3 aromatic carbocycles. The van der Waals surface area contributed by atoms with Crippen molar-refractivity contribution in [2.24, 2.45) is 5.92 Å². The van der Waals surface area contributed by atoms with Gasteiger partial charge < -0.3 is 40.5 Å². The minimum atomic E-state index is -1.23. The first-order valence-electron chi connectivity index (χ1n) is 11.8. The van der Waals surface area contributed by atoms with Crippen LogP contribution in [-0.2, 0) is 9.53 Å². The zero-order valence-electron chi connectivity index (χ0n) is 19.3. The van der Waals surface area contributed by atoms with Gasteiger partial charge in [0, 0.05) is 41.9 Å². The van der Waals surface area contributed by atoms with Crippen molar-refractivity contribution in [2.45, 2.75) is 36.4 Å². The van der Waals surface area contributed by atoms with Gasteiger partial charge in [0.2, 0.25) is 0 Å². The van der Waals surface area contributed by atoms with Crippen molar-refractivity contribution in [3.8, 4) is 34.5 Å². The summed E-state index contributed by atoms with van der Waals surface area (Å²) in [7, 11) is 0. The lowest BCUT2D eigenvalue weighted by molar-refractivity contribution is -0.115. The van der Waals surface area contributed by atoms with E-state index in [1.54, 1.807) is 6.07 Å². The number of hydrogen-bond acceptors (Lipinski definition) is 9. The number of rotatable bonds is 2. The third-order valence-electron chi connectivity index (χ3n) is 7.82. The number of allylic oxidation sites excluding steroid dienone is 2. The molecule has 9 heteroatoms. The molecule has 6 rings (SSSR count). The third-order valence-corrected chi connectivity index (χ3v) is 7.82. The van der Waals surface area contributed by atoms with Gasteiger partial charge in [0.25, 0.3) is 0 Å². The Balaban J connectivity index is 1.55. The SMILES string of the molecule is O=C1C=C2O[C@H](c3ccc(O)c(O)c3)[C@@H](O)[C@@H]3c4c(O)cc(O)cc4[C@H]([C@H]23)[C@H](c2ccc(O)c(O)c2)C1. The average Bonchev–Trinajstić information content (AvgIpc) is 3.10. The molecule has 6 atom stereocenters. The Morgan fingerprint density at radius 2 is 1.35 bits per heavy atom. The van der Waals surface area contributed by atoms with Crippen LogP contribution in [0, 0.1) is 5.92 Å². The van der Waals surface area contributed by atoms with Crippen molar-refractivity contribution in [2.75, 3.05) is 0 Å². The second-order valence-electron chi connectivity index (χ2n) is 9.89. The molecule has 3 aliphatic rings. The highest BCUT2D eigenvalue weighted by atomic mass is 16.5. The van der Waals surface area contributed by atoms with Crippen molar-refractivity contribution >= 4 is 5.78 Å².